The second-order valence-electron chi connectivity index (χ2n) is 7.64. The van der Waals surface area contributed by atoms with Crippen molar-refractivity contribution in [3.05, 3.63) is 53.3 Å². The van der Waals surface area contributed by atoms with E-state index in [0.717, 1.165) is 38.0 Å². The highest BCUT2D eigenvalue weighted by Crippen LogP contribution is 2.16. The molecule has 0 saturated carbocycles. The van der Waals surface area contributed by atoms with Gasteiger partial charge in [-0.3, -0.25) is 14.4 Å². The smallest absolute Gasteiger partial charge is 0.272 e. The molecular formula is C21H31N5O. The van der Waals surface area contributed by atoms with Crippen LogP contribution < -0.4 is 10.6 Å². The van der Waals surface area contributed by atoms with Crippen LogP contribution in [-0.4, -0.2) is 46.8 Å². The molecule has 6 nitrogen and oxygen atoms in total. The van der Waals surface area contributed by atoms with E-state index in [0.29, 0.717) is 24.3 Å². The zero-order valence-electron chi connectivity index (χ0n) is 16.6. The molecule has 6 heteroatoms. The van der Waals surface area contributed by atoms with E-state index in [1.54, 1.807) is 0 Å². The molecule has 0 spiro atoms. The molecule has 3 rings (SSSR count). The first kappa shape index (κ1) is 19.6. The van der Waals surface area contributed by atoms with Gasteiger partial charge < -0.3 is 10.6 Å². The molecule has 2 aromatic rings. The number of nitrogens with zero attached hydrogens (tertiary/aromatic N) is 3. The first-order valence-corrected chi connectivity index (χ1v) is 9.85. The molecule has 27 heavy (non-hydrogen) atoms. The van der Waals surface area contributed by atoms with Crippen molar-refractivity contribution < 1.29 is 4.79 Å². The van der Waals surface area contributed by atoms with Gasteiger partial charge in [0.25, 0.3) is 5.91 Å². The molecule has 1 aliphatic heterocycles. The molecule has 146 valence electrons. The summed E-state index contributed by atoms with van der Waals surface area (Å²) in [7, 11) is 2.12. The number of benzene rings is 1. The molecular weight excluding hydrogens is 338 g/mol. The van der Waals surface area contributed by atoms with Gasteiger partial charge in [-0.1, -0.05) is 24.3 Å². The van der Waals surface area contributed by atoms with Gasteiger partial charge in [-0.2, -0.15) is 5.10 Å². The molecule has 2 heterocycles. The second kappa shape index (κ2) is 9.15. The maximum absolute atomic E-state index is 12.5. The lowest BCUT2D eigenvalue weighted by Crippen LogP contribution is -2.32. The lowest BCUT2D eigenvalue weighted by Gasteiger charge is -2.23. The summed E-state index contributed by atoms with van der Waals surface area (Å²) in [5.74, 6) is -0.121. The number of rotatable bonds is 7. The van der Waals surface area contributed by atoms with Crippen molar-refractivity contribution >= 4 is 5.91 Å². The normalized spacial score (nSPS) is 17.4. The van der Waals surface area contributed by atoms with E-state index in [2.05, 4.69) is 59.7 Å². The van der Waals surface area contributed by atoms with Gasteiger partial charge in [-0.25, -0.2) is 0 Å². The van der Waals surface area contributed by atoms with Crippen molar-refractivity contribution in [2.75, 3.05) is 20.1 Å². The molecule has 1 aromatic carbocycles. The van der Waals surface area contributed by atoms with Crippen molar-refractivity contribution in [1.82, 2.24) is 25.3 Å². The van der Waals surface area contributed by atoms with E-state index in [1.165, 1.54) is 5.56 Å². The Morgan fingerprint density at radius 3 is 2.81 bits per heavy atom. The molecule has 1 saturated heterocycles. The summed E-state index contributed by atoms with van der Waals surface area (Å²) in [6.07, 6.45) is 4.16. The third-order valence-corrected chi connectivity index (χ3v) is 5.35. The molecule has 1 unspecified atom stereocenters. The second-order valence-corrected chi connectivity index (χ2v) is 7.64. The summed E-state index contributed by atoms with van der Waals surface area (Å²) in [5, 5.41) is 10.9. The van der Waals surface area contributed by atoms with E-state index < -0.39 is 0 Å². The minimum atomic E-state index is -0.121. The van der Waals surface area contributed by atoms with Crippen LogP contribution in [0.4, 0.5) is 0 Å². The van der Waals surface area contributed by atoms with Gasteiger partial charge in [-0.05, 0) is 57.5 Å². The fourth-order valence-corrected chi connectivity index (χ4v) is 3.32. The summed E-state index contributed by atoms with van der Waals surface area (Å²) in [6, 6.07) is 10.9. The summed E-state index contributed by atoms with van der Waals surface area (Å²) >= 11 is 0. The van der Waals surface area contributed by atoms with E-state index in [4.69, 9.17) is 0 Å². The molecule has 0 radical (unpaired) electrons. The SMILES string of the molecule is CC(C)N(C)Cc1ccccc1CNC(=O)c1ccn(C2CCCNC2)n1. The zero-order chi connectivity index (χ0) is 19.2. The molecule has 1 fully saturated rings. The Morgan fingerprint density at radius 2 is 2.11 bits per heavy atom. The van der Waals surface area contributed by atoms with Gasteiger partial charge in [0, 0.05) is 31.9 Å². The lowest BCUT2D eigenvalue weighted by molar-refractivity contribution is 0.0944. The standard InChI is InChI=1S/C21H31N5O/c1-16(2)25(3)15-18-8-5-4-7-17(18)13-23-21(27)20-10-12-26(24-20)19-9-6-11-22-14-19/h4-5,7-8,10,12,16,19,22H,6,9,11,13-15H2,1-3H3,(H,23,27). The van der Waals surface area contributed by atoms with E-state index >= 15 is 0 Å². The van der Waals surface area contributed by atoms with Crippen LogP contribution in [0.25, 0.3) is 0 Å². The van der Waals surface area contributed by atoms with Crippen LogP contribution in [0.5, 0.6) is 0 Å². The highest BCUT2D eigenvalue weighted by Gasteiger charge is 2.18. The number of piperidine rings is 1. The maximum Gasteiger partial charge on any atom is 0.272 e. The van der Waals surface area contributed by atoms with Crippen molar-refractivity contribution in [3.8, 4) is 0 Å². The number of hydrogen-bond donors (Lipinski definition) is 2. The first-order chi connectivity index (χ1) is 13.0. The largest absolute Gasteiger partial charge is 0.347 e. The fourth-order valence-electron chi connectivity index (χ4n) is 3.32. The predicted molar refractivity (Wildman–Crippen MR) is 108 cm³/mol. The number of amides is 1. The Balaban J connectivity index is 1.60. The van der Waals surface area contributed by atoms with Gasteiger partial charge in [0.1, 0.15) is 5.69 Å². The molecule has 0 aliphatic carbocycles. The van der Waals surface area contributed by atoms with Crippen LogP contribution >= 0.6 is 0 Å². The number of carbonyl (C=O) groups is 1. The Bertz CT molecular complexity index is 749. The Hall–Kier alpha value is -2.18. The average molecular weight is 370 g/mol. The van der Waals surface area contributed by atoms with Crippen LogP contribution in [0.2, 0.25) is 0 Å². The highest BCUT2D eigenvalue weighted by molar-refractivity contribution is 5.92. The van der Waals surface area contributed by atoms with Crippen molar-refractivity contribution in [1.29, 1.82) is 0 Å². The Labute approximate surface area is 161 Å². The molecule has 2 N–H and O–H groups in total. The number of aromatic nitrogens is 2. The Morgan fingerprint density at radius 1 is 1.33 bits per heavy atom. The average Bonchev–Trinajstić information content (AvgIpc) is 3.18. The summed E-state index contributed by atoms with van der Waals surface area (Å²) in [6.45, 7) is 7.73. The van der Waals surface area contributed by atoms with Crippen LogP contribution in [0.1, 0.15) is 54.3 Å². The summed E-state index contributed by atoms with van der Waals surface area (Å²) in [4.78, 5) is 14.8. The minimum Gasteiger partial charge on any atom is -0.347 e. The first-order valence-electron chi connectivity index (χ1n) is 9.85. The third kappa shape index (κ3) is 5.17. The molecule has 0 bridgehead atoms. The predicted octanol–water partition coefficient (Wildman–Crippen LogP) is 2.58. The highest BCUT2D eigenvalue weighted by atomic mass is 16.1. The van der Waals surface area contributed by atoms with Gasteiger partial charge in [-0.15, -0.1) is 0 Å². The molecule has 1 atom stereocenters. The van der Waals surface area contributed by atoms with Crippen LogP contribution in [0.3, 0.4) is 0 Å². The Kier molecular flexibility index (Phi) is 6.63. The van der Waals surface area contributed by atoms with Gasteiger partial charge in [0.15, 0.2) is 0 Å². The van der Waals surface area contributed by atoms with Crippen molar-refractivity contribution in [3.63, 3.8) is 0 Å². The summed E-state index contributed by atoms with van der Waals surface area (Å²) < 4.78 is 1.92. The van der Waals surface area contributed by atoms with Crippen LogP contribution in [0, 0.1) is 0 Å². The minimum absolute atomic E-state index is 0.121. The molecule has 1 aromatic heterocycles. The van der Waals surface area contributed by atoms with E-state index in [-0.39, 0.29) is 5.91 Å². The number of nitrogens with one attached hydrogen (secondary N) is 2. The summed E-state index contributed by atoms with van der Waals surface area (Å²) in [5.41, 5.74) is 2.87. The zero-order valence-corrected chi connectivity index (χ0v) is 16.6. The lowest BCUT2D eigenvalue weighted by atomic mass is 10.1. The fraction of sp³-hybridized carbons (Fsp3) is 0.524. The topological polar surface area (TPSA) is 62.2 Å². The van der Waals surface area contributed by atoms with E-state index in [9.17, 15) is 4.79 Å². The van der Waals surface area contributed by atoms with E-state index in [1.807, 2.05) is 23.0 Å². The number of hydrogen-bond acceptors (Lipinski definition) is 4. The molecule has 1 aliphatic rings. The van der Waals surface area contributed by atoms with Crippen LogP contribution in [-0.2, 0) is 13.1 Å². The monoisotopic (exact) mass is 369 g/mol. The van der Waals surface area contributed by atoms with Gasteiger partial charge in [0.2, 0.25) is 0 Å². The molecule has 1 amide bonds. The third-order valence-electron chi connectivity index (χ3n) is 5.35. The van der Waals surface area contributed by atoms with Crippen molar-refractivity contribution in [2.45, 2.75) is 51.9 Å². The van der Waals surface area contributed by atoms with Crippen molar-refractivity contribution in [2.24, 2.45) is 0 Å². The van der Waals surface area contributed by atoms with Crippen LogP contribution in [0.15, 0.2) is 36.5 Å². The van der Waals surface area contributed by atoms with Gasteiger partial charge in [0.05, 0.1) is 6.04 Å². The maximum atomic E-state index is 12.5. The number of carbonyl (C=O) groups excluding carboxylic acids is 1. The van der Waals surface area contributed by atoms with Gasteiger partial charge >= 0.3 is 0 Å². The quantitative estimate of drug-likeness (QED) is 0.787.